The van der Waals surface area contributed by atoms with Gasteiger partial charge in [-0.15, -0.1) is 10.2 Å². The second kappa shape index (κ2) is 5.78. The van der Waals surface area contributed by atoms with E-state index in [0.29, 0.717) is 23.1 Å². The predicted molar refractivity (Wildman–Crippen MR) is 98.7 cm³/mol. The Bertz CT molecular complexity index is 924. The molecule has 25 heavy (non-hydrogen) atoms. The van der Waals surface area contributed by atoms with Crippen molar-refractivity contribution in [3.05, 3.63) is 41.0 Å². The van der Waals surface area contributed by atoms with Crippen molar-refractivity contribution in [2.24, 2.45) is 0 Å². The maximum atomic E-state index is 6.74. The Kier molecular flexibility index (Phi) is 3.54. The molecule has 5 nitrogen and oxygen atoms in total. The maximum absolute atomic E-state index is 6.74. The minimum Gasteiger partial charge on any atom is -0.311 e. The van der Waals surface area contributed by atoms with Crippen LogP contribution in [0.25, 0.3) is 22.3 Å². The summed E-state index contributed by atoms with van der Waals surface area (Å²) >= 11 is 6.74. The van der Waals surface area contributed by atoms with Crippen molar-refractivity contribution in [2.75, 3.05) is 0 Å². The fourth-order valence-electron chi connectivity index (χ4n) is 4.41. The first-order valence-corrected chi connectivity index (χ1v) is 9.31. The van der Waals surface area contributed by atoms with Crippen LogP contribution in [-0.2, 0) is 0 Å². The standard InChI is InChI=1S/C19H20ClN5/c1-11-16-17(20)18(12-5-3-2-4-6-12)22-23-19(16)25(24-11)15-9-13-7-8-14(10-15)21-13/h2-6,13-15,21H,7-10H2,1H3. The van der Waals surface area contributed by atoms with Gasteiger partial charge in [0.1, 0.15) is 5.69 Å². The van der Waals surface area contributed by atoms with Gasteiger partial charge in [-0.25, -0.2) is 4.68 Å². The molecule has 5 rings (SSSR count). The lowest BCUT2D eigenvalue weighted by Gasteiger charge is -2.29. The van der Waals surface area contributed by atoms with Gasteiger partial charge in [-0.1, -0.05) is 41.9 Å². The highest BCUT2D eigenvalue weighted by molar-refractivity contribution is 6.37. The summed E-state index contributed by atoms with van der Waals surface area (Å²) in [4.78, 5) is 0. The lowest BCUT2D eigenvalue weighted by molar-refractivity contribution is 0.285. The largest absolute Gasteiger partial charge is 0.311 e. The van der Waals surface area contributed by atoms with Crippen molar-refractivity contribution in [3.8, 4) is 11.3 Å². The Hall–Kier alpha value is -1.98. The number of nitrogens with zero attached hydrogens (tertiary/aromatic N) is 4. The first-order valence-electron chi connectivity index (χ1n) is 8.93. The van der Waals surface area contributed by atoms with Gasteiger partial charge in [-0.2, -0.15) is 5.10 Å². The van der Waals surface area contributed by atoms with Crippen molar-refractivity contribution in [1.82, 2.24) is 25.3 Å². The van der Waals surface area contributed by atoms with Crippen LogP contribution in [-0.4, -0.2) is 32.1 Å². The number of fused-ring (bicyclic) bond motifs is 3. The third kappa shape index (κ3) is 2.45. The summed E-state index contributed by atoms with van der Waals surface area (Å²) in [5.74, 6) is 0. The summed E-state index contributed by atoms with van der Waals surface area (Å²) in [7, 11) is 0. The molecule has 0 amide bonds. The molecule has 3 aromatic rings. The zero-order chi connectivity index (χ0) is 17.0. The van der Waals surface area contributed by atoms with Gasteiger partial charge in [0.05, 0.1) is 22.1 Å². The van der Waals surface area contributed by atoms with Crippen LogP contribution in [0.3, 0.4) is 0 Å². The van der Waals surface area contributed by atoms with Crippen LogP contribution in [0.1, 0.15) is 37.4 Å². The molecule has 2 aliphatic rings. The highest BCUT2D eigenvalue weighted by Gasteiger charge is 2.35. The van der Waals surface area contributed by atoms with Crippen molar-refractivity contribution in [1.29, 1.82) is 0 Å². The van der Waals surface area contributed by atoms with E-state index in [-0.39, 0.29) is 0 Å². The van der Waals surface area contributed by atoms with Crippen molar-refractivity contribution in [3.63, 3.8) is 0 Å². The van der Waals surface area contributed by atoms with Gasteiger partial charge in [-0.05, 0) is 32.6 Å². The van der Waals surface area contributed by atoms with Gasteiger partial charge in [0.2, 0.25) is 0 Å². The Balaban J connectivity index is 1.62. The van der Waals surface area contributed by atoms with Gasteiger partial charge in [-0.3, -0.25) is 0 Å². The molecule has 2 unspecified atom stereocenters. The Morgan fingerprint density at radius 1 is 1.08 bits per heavy atom. The van der Waals surface area contributed by atoms with Crippen LogP contribution in [0.4, 0.5) is 0 Å². The third-order valence-corrected chi connectivity index (χ3v) is 5.94. The van der Waals surface area contributed by atoms with Crippen molar-refractivity contribution in [2.45, 2.75) is 50.7 Å². The van der Waals surface area contributed by atoms with E-state index in [9.17, 15) is 0 Å². The van der Waals surface area contributed by atoms with Crippen molar-refractivity contribution < 1.29 is 0 Å². The van der Waals surface area contributed by atoms with Gasteiger partial charge < -0.3 is 5.32 Å². The number of halogens is 1. The smallest absolute Gasteiger partial charge is 0.182 e. The van der Waals surface area contributed by atoms with E-state index in [0.717, 1.165) is 40.8 Å². The van der Waals surface area contributed by atoms with Crippen LogP contribution in [0.2, 0.25) is 5.02 Å². The minimum absolute atomic E-state index is 0.378. The molecular formula is C19H20ClN5. The molecule has 2 atom stereocenters. The first kappa shape index (κ1) is 15.3. The second-order valence-electron chi connectivity index (χ2n) is 7.22. The molecule has 6 heteroatoms. The SMILES string of the molecule is Cc1nn(C2CC3CCC(C2)N3)c2nnc(-c3ccccc3)c(Cl)c12. The van der Waals surface area contributed by atoms with E-state index in [2.05, 4.69) is 20.2 Å². The Morgan fingerprint density at radius 3 is 2.52 bits per heavy atom. The highest BCUT2D eigenvalue weighted by atomic mass is 35.5. The average molecular weight is 354 g/mol. The molecule has 2 saturated heterocycles. The lowest BCUT2D eigenvalue weighted by atomic mass is 10.00. The summed E-state index contributed by atoms with van der Waals surface area (Å²) in [6.45, 7) is 2.01. The lowest BCUT2D eigenvalue weighted by Crippen LogP contribution is -2.39. The number of nitrogens with one attached hydrogen (secondary N) is 1. The Labute approximate surface area is 151 Å². The normalized spacial score (nSPS) is 25.6. The minimum atomic E-state index is 0.378. The molecule has 2 aromatic heterocycles. The number of aryl methyl sites for hydroxylation is 1. The fraction of sp³-hybridized carbons (Fsp3) is 0.421. The predicted octanol–water partition coefficient (Wildman–Crippen LogP) is 3.91. The fourth-order valence-corrected chi connectivity index (χ4v) is 4.78. The van der Waals surface area contributed by atoms with Crippen molar-refractivity contribution >= 4 is 22.6 Å². The zero-order valence-corrected chi connectivity index (χ0v) is 14.9. The summed E-state index contributed by atoms with van der Waals surface area (Å²) < 4.78 is 2.07. The quantitative estimate of drug-likeness (QED) is 0.758. The topological polar surface area (TPSA) is 55.6 Å². The molecule has 2 fully saturated rings. The molecule has 0 saturated carbocycles. The molecule has 4 heterocycles. The van der Waals surface area contributed by atoms with Gasteiger partial charge in [0.25, 0.3) is 0 Å². The molecule has 0 radical (unpaired) electrons. The third-order valence-electron chi connectivity index (χ3n) is 5.57. The van der Waals surface area contributed by atoms with E-state index in [4.69, 9.17) is 16.7 Å². The van der Waals surface area contributed by atoms with Crippen LogP contribution < -0.4 is 5.32 Å². The van der Waals surface area contributed by atoms with Crippen LogP contribution in [0, 0.1) is 6.92 Å². The molecule has 1 N–H and O–H groups in total. The average Bonchev–Trinajstić information content (AvgIpc) is 3.15. The number of rotatable bonds is 2. The van der Waals surface area contributed by atoms with E-state index < -0.39 is 0 Å². The van der Waals surface area contributed by atoms with Crippen LogP contribution >= 0.6 is 11.6 Å². The summed E-state index contributed by atoms with van der Waals surface area (Å²) in [5, 5.41) is 19.0. The summed E-state index contributed by atoms with van der Waals surface area (Å²) in [5.41, 5.74) is 3.45. The van der Waals surface area contributed by atoms with E-state index in [1.807, 2.05) is 37.3 Å². The number of aromatic nitrogens is 4. The molecule has 1 aromatic carbocycles. The van der Waals surface area contributed by atoms with E-state index in [1.54, 1.807) is 0 Å². The molecule has 2 bridgehead atoms. The molecule has 0 aliphatic carbocycles. The number of hydrogen-bond donors (Lipinski definition) is 1. The number of benzene rings is 1. The Morgan fingerprint density at radius 2 is 1.80 bits per heavy atom. The number of piperidine rings is 1. The van der Waals surface area contributed by atoms with Crippen LogP contribution in [0.15, 0.2) is 30.3 Å². The second-order valence-corrected chi connectivity index (χ2v) is 7.60. The van der Waals surface area contributed by atoms with Gasteiger partial charge in [0.15, 0.2) is 5.65 Å². The maximum Gasteiger partial charge on any atom is 0.182 e. The zero-order valence-electron chi connectivity index (χ0n) is 14.1. The highest BCUT2D eigenvalue weighted by Crippen LogP contribution is 2.38. The van der Waals surface area contributed by atoms with E-state index >= 15 is 0 Å². The number of hydrogen-bond acceptors (Lipinski definition) is 4. The van der Waals surface area contributed by atoms with E-state index in [1.165, 1.54) is 12.8 Å². The molecule has 2 aliphatic heterocycles. The summed E-state index contributed by atoms with van der Waals surface area (Å²) in [6.07, 6.45) is 4.74. The monoisotopic (exact) mass is 353 g/mol. The van der Waals surface area contributed by atoms with Crippen LogP contribution in [0.5, 0.6) is 0 Å². The molecule has 0 spiro atoms. The molecular weight excluding hydrogens is 334 g/mol. The first-order chi connectivity index (χ1) is 12.2. The molecule has 128 valence electrons. The summed E-state index contributed by atoms with van der Waals surface area (Å²) in [6, 6.07) is 11.6. The van der Waals surface area contributed by atoms with Gasteiger partial charge >= 0.3 is 0 Å². The van der Waals surface area contributed by atoms with Gasteiger partial charge in [0, 0.05) is 17.6 Å².